The minimum absolute atomic E-state index is 0.652. The molecular weight excluding hydrogens is 390 g/mol. The van der Waals surface area contributed by atoms with Crippen LogP contribution in [0.5, 0.6) is 0 Å². The molecule has 3 rings (SSSR count). The van der Waals surface area contributed by atoms with Gasteiger partial charge in [0, 0.05) is 17.5 Å². The van der Waals surface area contributed by atoms with E-state index in [1.807, 2.05) is 24.4 Å². The van der Waals surface area contributed by atoms with Crippen molar-refractivity contribution < 1.29 is 0 Å². The molecule has 0 amide bonds. The summed E-state index contributed by atoms with van der Waals surface area (Å²) in [5.41, 5.74) is 6.47. The molecule has 3 nitrogen and oxygen atoms in total. The number of aryl methyl sites for hydroxylation is 4. The van der Waals surface area contributed by atoms with Crippen LogP contribution in [0, 0.1) is 11.3 Å². The minimum Gasteiger partial charge on any atom is -0.237 e. The van der Waals surface area contributed by atoms with Crippen LogP contribution in [0.15, 0.2) is 54.7 Å². The lowest BCUT2D eigenvalue weighted by Gasteiger charge is -2.08. The Morgan fingerprint density at radius 2 is 1.34 bits per heavy atom. The average Bonchev–Trinajstić information content (AvgIpc) is 2.84. The average molecular weight is 426 g/mol. The molecule has 0 radical (unpaired) electrons. The normalized spacial score (nSPS) is 10.8. The molecule has 0 atom stereocenters. The molecule has 0 saturated carbocycles. The van der Waals surface area contributed by atoms with E-state index in [-0.39, 0.29) is 0 Å². The van der Waals surface area contributed by atoms with Gasteiger partial charge in [0.05, 0.1) is 11.6 Å². The van der Waals surface area contributed by atoms with E-state index in [0.29, 0.717) is 11.4 Å². The van der Waals surface area contributed by atoms with Gasteiger partial charge in [-0.05, 0) is 73.4 Å². The van der Waals surface area contributed by atoms with Crippen LogP contribution in [0.4, 0.5) is 0 Å². The first kappa shape index (κ1) is 23.7. The van der Waals surface area contributed by atoms with Gasteiger partial charge in [-0.15, -0.1) is 0 Å². The summed E-state index contributed by atoms with van der Waals surface area (Å²) < 4.78 is 0. The predicted molar refractivity (Wildman–Crippen MR) is 132 cm³/mol. The smallest absolute Gasteiger partial charge is 0.160 e. The molecule has 32 heavy (non-hydrogen) atoms. The zero-order chi connectivity index (χ0) is 22.6. The van der Waals surface area contributed by atoms with Crippen molar-refractivity contribution in [3.05, 3.63) is 82.7 Å². The zero-order valence-electron chi connectivity index (χ0n) is 19.6. The quantitative estimate of drug-likeness (QED) is 0.287. The highest BCUT2D eigenvalue weighted by atomic mass is 14.9. The van der Waals surface area contributed by atoms with Crippen LogP contribution >= 0.6 is 0 Å². The van der Waals surface area contributed by atoms with Gasteiger partial charge in [0.15, 0.2) is 5.82 Å². The number of hydrogen-bond acceptors (Lipinski definition) is 3. The van der Waals surface area contributed by atoms with Crippen LogP contribution in [0.25, 0.3) is 11.4 Å². The molecule has 1 aromatic heterocycles. The van der Waals surface area contributed by atoms with Crippen molar-refractivity contribution in [3.8, 4) is 17.5 Å². The molecule has 0 fully saturated rings. The standard InChI is InChI=1S/C29H35N3/c1-3-5-7-9-23-11-13-24(14-12-23)15-16-25-17-18-28(26(21-25)22-30)29-31-20-19-27(32-29)10-8-6-4-2/h11-14,17-21H,3-10,15-16H2,1-2H3. The monoisotopic (exact) mass is 425 g/mol. The van der Waals surface area contributed by atoms with Gasteiger partial charge in [-0.1, -0.05) is 69.9 Å². The van der Waals surface area contributed by atoms with Crippen LogP contribution in [-0.2, 0) is 25.7 Å². The van der Waals surface area contributed by atoms with Crippen molar-refractivity contribution >= 4 is 0 Å². The Morgan fingerprint density at radius 3 is 2.03 bits per heavy atom. The number of benzene rings is 2. The van der Waals surface area contributed by atoms with Gasteiger partial charge in [-0.25, -0.2) is 9.97 Å². The first-order valence-electron chi connectivity index (χ1n) is 12.2. The molecule has 0 aliphatic heterocycles. The Morgan fingerprint density at radius 1 is 0.719 bits per heavy atom. The second-order valence-corrected chi connectivity index (χ2v) is 8.59. The van der Waals surface area contributed by atoms with Crippen molar-refractivity contribution in [2.24, 2.45) is 0 Å². The summed E-state index contributed by atoms with van der Waals surface area (Å²) in [6.07, 6.45) is 13.2. The van der Waals surface area contributed by atoms with Gasteiger partial charge < -0.3 is 0 Å². The third-order valence-electron chi connectivity index (χ3n) is 5.99. The molecule has 3 aromatic rings. The topological polar surface area (TPSA) is 49.6 Å². The van der Waals surface area contributed by atoms with E-state index in [9.17, 15) is 5.26 Å². The van der Waals surface area contributed by atoms with E-state index < -0.39 is 0 Å². The van der Waals surface area contributed by atoms with Gasteiger partial charge in [0.1, 0.15) is 0 Å². The largest absolute Gasteiger partial charge is 0.237 e. The summed E-state index contributed by atoms with van der Waals surface area (Å²) >= 11 is 0. The summed E-state index contributed by atoms with van der Waals surface area (Å²) in [4.78, 5) is 9.16. The summed E-state index contributed by atoms with van der Waals surface area (Å²) in [6, 6.07) is 19.5. The molecule has 0 aliphatic rings. The van der Waals surface area contributed by atoms with E-state index in [2.05, 4.69) is 55.2 Å². The molecule has 0 saturated heterocycles. The van der Waals surface area contributed by atoms with Crippen LogP contribution in [0.1, 0.15) is 80.3 Å². The second kappa shape index (κ2) is 12.8. The maximum atomic E-state index is 9.75. The fourth-order valence-electron chi connectivity index (χ4n) is 4.00. The van der Waals surface area contributed by atoms with Crippen LogP contribution < -0.4 is 0 Å². The van der Waals surface area contributed by atoms with Gasteiger partial charge >= 0.3 is 0 Å². The van der Waals surface area contributed by atoms with E-state index in [1.165, 1.54) is 55.2 Å². The molecule has 0 N–H and O–H groups in total. The summed E-state index contributed by atoms with van der Waals surface area (Å²) in [5, 5.41) is 9.75. The van der Waals surface area contributed by atoms with E-state index in [1.54, 1.807) is 0 Å². The molecule has 0 aliphatic carbocycles. The van der Waals surface area contributed by atoms with Gasteiger partial charge in [-0.2, -0.15) is 5.26 Å². The third kappa shape index (κ3) is 7.02. The highest BCUT2D eigenvalue weighted by Crippen LogP contribution is 2.23. The van der Waals surface area contributed by atoms with Crippen LogP contribution in [0.2, 0.25) is 0 Å². The number of nitriles is 1. The SMILES string of the molecule is CCCCCc1ccc(CCc2ccc(-c3nccc(CCCCC)n3)c(C#N)c2)cc1. The zero-order valence-corrected chi connectivity index (χ0v) is 19.6. The molecule has 1 heterocycles. The Bertz CT molecular complexity index is 1020. The highest BCUT2D eigenvalue weighted by molar-refractivity contribution is 5.65. The molecule has 0 bridgehead atoms. The molecule has 2 aromatic carbocycles. The lowest BCUT2D eigenvalue weighted by atomic mass is 9.98. The van der Waals surface area contributed by atoms with Crippen molar-refractivity contribution in [1.29, 1.82) is 5.26 Å². The number of aromatic nitrogens is 2. The third-order valence-corrected chi connectivity index (χ3v) is 5.99. The van der Waals surface area contributed by atoms with E-state index >= 15 is 0 Å². The number of hydrogen-bond donors (Lipinski definition) is 0. The number of nitrogens with zero attached hydrogens (tertiary/aromatic N) is 3. The molecular formula is C29H35N3. The fraction of sp³-hybridized carbons (Fsp3) is 0.414. The van der Waals surface area contributed by atoms with E-state index in [0.717, 1.165) is 36.9 Å². The molecule has 3 heteroatoms. The highest BCUT2D eigenvalue weighted by Gasteiger charge is 2.10. The second-order valence-electron chi connectivity index (χ2n) is 8.59. The van der Waals surface area contributed by atoms with Crippen molar-refractivity contribution in [2.45, 2.75) is 78.1 Å². The molecule has 0 unspecified atom stereocenters. The fourth-order valence-corrected chi connectivity index (χ4v) is 4.00. The number of unbranched alkanes of at least 4 members (excludes halogenated alkanes) is 4. The minimum atomic E-state index is 0.652. The number of rotatable bonds is 12. The first-order valence-corrected chi connectivity index (χ1v) is 12.2. The van der Waals surface area contributed by atoms with Gasteiger partial charge in [-0.3, -0.25) is 0 Å². The van der Waals surface area contributed by atoms with Gasteiger partial charge in [0.2, 0.25) is 0 Å². The maximum absolute atomic E-state index is 9.75. The Hall–Kier alpha value is -2.99. The van der Waals surface area contributed by atoms with Crippen molar-refractivity contribution in [2.75, 3.05) is 0 Å². The maximum Gasteiger partial charge on any atom is 0.160 e. The van der Waals surface area contributed by atoms with Gasteiger partial charge in [0.25, 0.3) is 0 Å². The lowest BCUT2D eigenvalue weighted by Crippen LogP contribution is -1.99. The van der Waals surface area contributed by atoms with Crippen LogP contribution in [-0.4, -0.2) is 9.97 Å². The lowest BCUT2D eigenvalue weighted by molar-refractivity contribution is 0.706. The molecule has 166 valence electrons. The summed E-state index contributed by atoms with van der Waals surface area (Å²) in [7, 11) is 0. The Labute approximate surface area is 193 Å². The summed E-state index contributed by atoms with van der Waals surface area (Å²) in [6.45, 7) is 4.45. The first-order chi connectivity index (χ1) is 15.7. The molecule has 0 spiro atoms. The Kier molecular flexibility index (Phi) is 9.44. The van der Waals surface area contributed by atoms with Crippen LogP contribution in [0.3, 0.4) is 0 Å². The van der Waals surface area contributed by atoms with Crippen molar-refractivity contribution in [1.82, 2.24) is 9.97 Å². The van der Waals surface area contributed by atoms with E-state index in [4.69, 9.17) is 4.98 Å². The predicted octanol–water partition coefficient (Wildman–Crippen LogP) is 7.27. The summed E-state index contributed by atoms with van der Waals surface area (Å²) in [5.74, 6) is 0.653. The van der Waals surface area contributed by atoms with Crippen molar-refractivity contribution in [3.63, 3.8) is 0 Å². The Balaban J connectivity index is 1.64.